The van der Waals surface area contributed by atoms with Crippen molar-refractivity contribution in [3.63, 3.8) is 0 Å². The van der Waals surface area contributed by atoms with Gasteiger partial charge in [-0.25, -0.2) is 14.2 Å². The lowest BCUT2D eigenvalue weighted by Gasteiger charge is -2.15. The Labute approximate surface area is 150 Å². The van der Waals surface area contributed by atoms with Gasteiger partial charge in [0.05, 0.1) is 23.1 Å². The fourth-order valence-electron chi connectivity index (χ4n) is 2.65. The summed E-state index contributed by atoms with van der Waals surface area (Å²) < 4.78 is 13.2. The number of nitrogens with one attached hydrogen (secondary N) is 1. The number of halogens is 1. The largest absolute Gasteiger partial charge is 0.478 e. The van der Waals surface area contributed by atoms with Crippen LogP contribution in [-0.2, 0) is 13.0 Å². The molecule has 0 atom stereocenters. The molecule has 0 saturated carbocycles. The second kappa shape index (κ2) is 7.88. The lowest BCUT2D eigenvalue weighted by Crippen LogP contribution is -2.21. The summed E-state index contributed by atoms with van der Waals surface area (Å²) in [6, 6.07) is 9.52. The van der Waals surface area contributed by atoms with E-state index in [1.807, 2.05) is 13.1 Å². The van der Waals surface area contributed by atoms with Gasteiger partial charge in [0.2, 0.25) is 0 Å². The van der Waals surface area contributed by atoms with E-state index in [0.717, 1.165) is 17.9 Å². The molecule has 6 nitrogen and oxygen atoms in total. The molecule has 3 aromatic rings. The van der Waals surface area contributed by atoms with Gasteiger partial charge in [-0.05, 0) is 36.9 Å². The first kappa shape index (κ1) is 17.8. The molecule has 0 amide bonds. The summed E-state index contributed by atoms with van der Waals surface area (Å²) >= 11 is 0. The second-order valence-corrected chi connectivity index (χ2v) is 6.10. The Morgan fingerprint density at radius 1 is 1.27 bits per heavy atom. The average Bonchev–Trinajstić information content (AvgIpc) is 3.09. The van der Waals surface area contributed by atoms with Crippen LogP contribution in [0.3, 0.4) is 0 Å². The molecule has 2 N–H and O–H groups in total. The van der Waals surface area contributed by atoms with Gasteiger partial charge in [-0.1, -0.05) is 12.1 Å². The van der Waals surface area contributed by atoms with Crippen LogP contribution in [0.25, 0.3) is 11.4 Å². The molecule has 2 heterocycles. The molecule has 0 spiro atoms. The SMILES string of the molecule is CN(CCc1ncc(-c2cc(C(=O)O)ccn2)[nH]1)Cc1cccc(F)c1. The van der Waals surface area contributed by atoms with E-state index in [1.54, 1.807) is 12.3 Å². The van der Waals surface area contributed by atoms with Crippen LogP contribution >= 0.6 is 0 Å². The third kappa shape index (κ3) is 4.52. The zero-order valence-electron chi connectivity index (χ0n) is 14.3. The fourth-order valence-corrected chi connectivity index (χ4v) is 2.65. The standard InChI is InChI=1S/C19H19FN4O2/c1-24(12-13-3-2-4-15(20)9-13)8-6-18-22-11-17(23-18)16-10-14(19(25)26)5-7-21-16/h2-5,7,9-11H,6,8,12H2,1H3,(H,22,23)(H,25,26). The van der Waals surface area contributed by atoms with Crippen molar-refractivity contribution in [2.45, 2.75) is 13.0 Å². The second-order valence-electron chi connectivity index (χ2n) is 6.10. The predicted molar refractivity (Wildman–Crippen MR) is 95.2 cm³/mol. The molecule has 2 aromatic heterocycles. The number of rotatable bonds is 7. The van der Waals surface area contributed by atoms with Crippen LogP contribution in [0.15, 0.2) is 48.8 Å². The molecule has 0 bridgehead atoms. The number of aromatic nitrogens is 3. The summed E-state index contributed by atoms with van der Waals surface area (Å²) in [5.74, 6) is -0.441. The summed E-state index contributed by atoms with van der Waals surface area (Å²) in [6.07, 6.45) is 3.80. The molecular weight excluding hydrogens is 335 g/mol. The molecule has 0 fully saturated rings. The first-order valence-corrected chi connectivity index (χ1v) is 8.18. The smallest absolute Gasteiger partial charge is 0.335 e. The van der Waals surface area contributed by atoms with E-state index in [2.05, 4.69) is 19.9 Å². The molecule has 134 valence electrons. The number of pyridine rings is 1. The number of aromatic carboxylic acids is 1. The van der Waals surface area contributed by atoms with Crippen molar-refractivity contribution in [3.05, 3.63) is 71.6 Å². The maximum Gasteiger partial charge on any atom is 0.335 e. The van der Waals surface area contributed by atoms with Crippen molar-refractivity contribution >= 4 is 5.97 Å². The van der Waals surface area contributed by atoms with E-state index in [0.29, 0.717) is 24.4 Å². The molecule has 0 unspecified atom stereocenters. The number of H-pyrrole nitrogens is 1. The highest BCUT2D eigenvalue weighted by atomic mass is 19.1. The van der Waals surface area contributed by atoms with Crippen LogP contribution in [0.2, 0.25) is 0 Å². The molecule has 0 aliphatic carbocycles. The Kier molecular flexibility index (Phi) is 5.38. The first-order valence-electron chi connectivity index (χ1n) is 8.18. The molecule has 0 aliphatic heterocycles. The number of carboxylic acids is 1. The number of carbonyl (C=O) groups is 1. The van der Waals surface area contributed by atoms with Crippen LogP contribution in [0, 0.1) is 5.82 Å². The minimum Gasteiger partial charge on any atom is -0.478 e. The predicted octanol–water partition coefficient (Wildman–Crippen LogP) is 2.98. The van der Waals surface area contributed by atoms with Crippen molar-refractivity contribution < 1.29 is 14.3 Å². The molecule has 26 heavy (non-hydrogen) atoms. The number of imidazole rings is 1. The van der Waals surface area contributed by atoms with Gasteiger partial charge in [-0.3, -0.25) is 4.98 Å². The molecule has 7 heteroatoms. The lowest BCUT2D eigenvalue weighted by molar-refractivity contribution is 0.0697. The highest BCUT2D eigenvalue weighted by Crippen LogP contribution is 2.16. The number of hydrogen-bond acceptors (Lipinski definition) is 4. The minimum absolute atomic E-state index is 0.181. The highest BCUT2D eigenvalue weighted by molar-refractivity contribution is 5.88. The average molecular weight is 354 g/mol. The third-order valence-corrected chi connectivity index (χ3v) is 3.98. The van der Waals surface area contributed by atoms with E-state index >= 15 is 0 Å². The maximum absolute atomic E-state index is 13.2. The van der Waals surface area contributed by atoms with E-state index in [9.17, 15) is 9.18 Å². The van der Waals surface area contributed by atoms with E-state index in [1.165, 1.54) is 30.5 Å². The summed E-state index contributed by atoms with van der Waals surface area (Å²) in [4.78, 5) is 24.8. The Morgan fingerprint density at radius 3 is 2.88 bits per heavy atom. The molecule has 0 aliphatic rings. The van der Waals surface area contributed by atoms with Gasteiger partial charge in [-0.15, -0.1) is 0 Å². The van der Waals surface area contributed by atoms with Crippen LogP contribution in [0.5, 0.6) is 0 Å². The van der Waals surface area contributed by atoms with Crippen molar-refractivity contribution in [1.82, 2.24) is 19.9 Å². The number of nitrogens with zero attached hydrogens (tertiary/aromatic N) is 3. The van der Waals surface area contributed by atoms with Crippen LogP contribution in [0.4, 0.5) is 4.39 Å². The van der Waals surface area contributed by atoms with Gasteiger partial charge < -0.3 is 15.0 Å². The molecular formula is C19H19FN4O2. The van der Waals surface area contributed by atoms with Gasteiger partial charge in [0.25, 0.3) is 0 Å². The molecule has 3 rings (SSSR count). The Morgan fingerprint density at radius 2 is 2.12 bits per heavy atom. The Bertz CT molecular complexity index is 910. The van der Waals surface area contributed by atoms with Crippen molar-refractivity contribution in [1.29, 1.82) is 0 Å². The summed E-state index contributed by atoms with van der Waals surface area (Å²) in [6.45, 7) is 1.39. The van der Waals surface area contributed by atoms with Crippen molar-refractivity contribution in [2.24, 2.45) is 0 Å². The Hall–Kier alpha value is -3.06. The van der Waals surface area contributed by atoms with Crippen LogP contribution in [0.1, 0.15) is 21.7 Å². The quantitative estimate of drug-likeness (QED) is 0.682. The van der Waals surface area contributed by atoms with E-state index < -0.39 is 5.97 Å². The van der Waals surface area contributed by atoms with Gasteiger partial charge in [-0.2, -0.15) is 0 Å². The van der Waals surface area contributed by atoms with Crippen molar-refractivity contribution in [3.8, 4) is 11.4 Å². The fraction of sp³-hybridized carbons (Fsp3) is 0.211. The number of aromatic amines is 1. The number of carboxylic acid groups (broad SMARTS) is 1. The van der Waals surface area contributed by atoms with Crippen molar-refractivity contribution in [2.75, 3.05) is 13.6 Å². The minimum atomic E-state index is -0.993. The molecule has 0 radical (unpaired) electrons. The van der Waals surface area contributed by atoms with E-state index in [-0.39, 0.29) is 11.4 Å². The highest BCUT2D eigenvalue weighted by Gasteiger charge is 2.09. The number of likely N-dealkylation sites (N-methyl/N-ethyl adjacent to an activating group) is 1. The number of hydrogen-bond donors (Lipinski definition) is 2. The van der Waals surface area contributed by atoms with Gasteiger partial charge in [0.15, 0.2) is 0 Å². The zero-order chi connectivity index (χ0) is 18.5. The van der Waals surface area contributed by atoms with Gasteiger partial charge in [0.1, 0.15) is 11.6 Å². The first-order chi connectivity index (χ1) is 12.5. The summed E-state index contributed by atoms with van der Waals surface area (Å²) in [5.41, 5.74) is 2.32. The summed E-state index contributed by atoms with van der Waals surface area (Å²) in [5, 5.41) is 9.06. The van der Waals surface area contributed by atoms with Gasteiger partial charge >= 0.3 is 5.97 Å². The van der Waals surface area contributed by atoms with Crippen LogP contribution < -0.4 is 0 Å². The van der Waals surface area contributed by atoms with Gasteiger partial charge in [0, 0.05) is 25.7 Å². The number of benzene rings is 1. The normalized spacial score (nSPS) is 11.0. The van der Waals surface area contributed by atoms with Crippen LogP contribution in [-0.4, -0.2) is 44.5 Å². The molecule has 0 saturated heterocycles. The monoisotopic (exact) mass is 354 g/mol. The van der Waals surface area contributed by atoms with E-state index in [4.69, 9.17) is 5.11 Å². The maximum atomic E-state index is 13.2. The topological polar surface area (TPSA) is 82.1 Å². The Balaban J connectivity index is 1.60. The lowest BCUT2D eigenvalue weighted by atomic mass is 10.2. The zero-order valence-corrected chi connectivity index (χ0v) is 14.3. The third-order valence-electron chi connectivity index (χ3n) is 3.98. The summed E-state index contributed by atoms with van der Waals surface area (Å²) in [7, 11) is 1.96. The molecule has 1 aromatic carbocycles.